The molecule has 3 rings (SSSR count). The van der Waals surface area contributed by atoms with Crippen LogP contribution in [-0.2, 0) is 16.6 Å². The number of hydrogen-bond acceptors (Lipinski definition) is 5. The molecule has 0 saturated carbocycles. The number of hydrogen-bond donors (Lipinski definition) is 2. The average molecular weight is 417 g/mol. The second-order valence-electron chi connectivity index (χ2n) is 6.58. The molecule has 1 amide bonds. The van der Waals surface area contributed by atoms with E-state index in [1.54, 1.807) is 11.0 Å². The summed E-state index contributed by atoms with van der Waals surface area (Å²) < 4.78 is 42.3. The predicted molar refractivity (Wildman–Crippen MR) is 105 cm³/mol. The molecule has 1 heterocycles. The quantitative estimate of drug-likeness (QED) is 0.614. The topological polar surface area (TPSA) is 106 Å². The average Bonchev–Trinajstić information content (AvgIpc) is 3.14. The highest BCUT2D eigenvalue weighted by atomic mass is 32.2. The highest BCUT2D eigenvalue weighted by Crippen LogP contribution is 2.20. The Kier molecular flexibility index (Phi) is 5.92. The van der Waals surface area contributed by atoms with Gasteiger partial charge in [-0.2, -0.15) is 5.10 Å². The number of benzene rings is 2. The summed E-state index contributed by atoms with van der Waals surface area (Å²) in [5.41, 5.74) is 0.979. The molecule has 2 N–H and O–H groups in total. The van der Waals surface area contributed by atoms with Gasteiger partial charge in [-0.25, -0.2) is 17.8 Å². The first-order valence-corrected chi connectivity index (χ1v) is 10.3. The SMILES string of the molecule is Cc1cc(F)ccc1S(=O)(=O)Nc1ccc(C(=O)NC(C)Cn2cncn2)cc1. The summed E-state index contributed by atoms with van der Waals surface area (Å²) >= 11 is 0. The second kappa shape index (κ2) is 8.39. The predicted octanol–water partition coefficient (Wildman–Crippen LogP) is 2.34. The van der Waals surface area contributed by atoms with Gasteiger partial charge in [0.1, 0.15) is 18.5 Å². The van der Waals surface area contributed by atoms with Gasteiger partial charge in [-0.1, -0.05) is 0 Å². The van der Waals surface area contributed by atoms with E-state index in [1.165, 1.54) is 43.6 Å². The first-order valence-electron chi connectivity index (χ1n) is 8.77. The van der Waals surface area contributed by atoms with E-state index in [-0.39, 0.29) is 16.8 Å². The van der Waals surface area contributed by atoms with E-state index in [1.807, 2.05) is 6.92 Å². The number of halogens is 1. The molecule has 0 spiro atoms. The molecule has 0 bridgehead atoms. The minimum atomic E-state index is -3.87. The lowest BCUT2D eigenvalue weighted by molar-refractivity contribution is 0.0936. The van der Waals surface area contributed by atoms with Gasteiger partial charge < -0.3 is 5.32 Å². The summed E-state index contributed by atoms with van der Waals surface area (Å²) in [6, 6.07) is 9.31. The summed E-state index contributed by atoms with van der Waals surface area (Å²) in [5, 5.41) is 6.83. The van der Waals surface area contributed by atoms with Gasteiger partial charge in [-0.05, 0) is 61.9 Å². The zero-order valence-corrected chi connectivity index (χ0v) is 16.6. The normalized spacial score (nSPS) is 12.4. The van der Waals surface area contributed by atoms with Crippen molar-refractivity contribution in [2.45, 2.75) is 31.3 Å². The fourth-order valence-corrected chi connectivity index (χ4v) is 4.06. The third kappa shape index (κ3) is 5.17. The monoisotopic (exact) mass is 417 g/mol. The van der Waals surface area contributed by atoms with Gasteiger partial charge in [0.25, 0.3) is 15.9 Å². The summed E-state index contributed by atoms with van der Waals surface area (Å²) in [7, 11) is -3.87. The number of carbonyl (C=O) groups excluding carboxylic acids is 1. The van der Waals surface area contributed by atoms with E-state index < -0.39 is 15.8 Å². The van der Waals surface area contributed by atoms with Gasteiger partial charge in [0, 0.05) is 17.3 Å². The first kappa shape index (κ1) is 20.5. The Morgan fingerprint density at radius 3 is 2.55 bits per heavy atom. The molecular formula is C19H20FN5O3S. The number of sulfonamides is 1. The smallest absolute Gasteiger partial charge is 0.262 e. The van der Waals surface area contributed by atoms with Crippen LogP contribution in [0.4, 0.5) is 10.1 Å². The maximum atomic E-state index is 13.2. The van der Waals surface area contributed by atoms with Gasteiger partial charge in [0.2, 0.25) is 0 Å². The van der Waals surface area contributed by atoms with Gasteiger partial charge in [-0.15, -0.1) is 0 Å². The number of nitrogens with zero attached hydrogens (tertiary/aromatic N) is 3. The summed E-state index contributed by atoms with van der Waals surface area (Å²) in [4.78, 5) is 16.2. The minimum Gasteiger partial charge on any atom is -0.348 e. The molecule has 1 atom stereocenters. The highest BCUT2D eigenvalue weighted by Gasteiger charge is 2.18. The lowest BCUT2D eigenvalue weighted by atomic mass is 10.2. The number of amides is 1. The van der Waals surface area contributed by atoms with E-state index in [9.17, 15) is 17.6 Å². The fourth-order valence-electron chi connectivity index (χ4n) is 2.77. The molecule has 1 aromatic heterocycles. The van der Waals surface area contributed by atoms with Crippen LogP contribution in [0.2, 0.25) is 0 Å². The van der Waals surface area contributed by atoms with Gasteiger partial charge in [0.15, 0.2) is 0 Å². The van der Waals surface area contributed by atoms with Crippen LogP contribution in [0.25, 0.3) is 0 Å². The largest absolute Gasteiger partial charge is 0.348 e. The first-order chi connectivity index (χ1) is 13.7. The van der Waals surface area contributed by atoms with Crippen LogP contribution in [0, 0.1) is 12.7 Å². The Bertz CT molecular complexity index is 1100. The van der Waals surface area contributed by atoms with Gasteiger partial charge >= 0.3 is 0 Å². The third-order valence-electron chi connectivity index (χ3n) is 4.13. The zero-order valence-electron chi connectivity index (χ0n) is 15.8. The Morgan fingerprint density at radius 1 is 1.21 bits per heavy atom. The standard InChI is InChI=1S/C19H20FN5O3S/c1-13-9-16(20)5-8-18(13)29(27,28)24-17-6-3-15(4-7-17)19(26)23-14(2)10-25-12-21-11-22-25/h3-9,11-12,14,24H,10H2,1-2H3,(H,23,26). The number of nitrogens with one attached hydrogen (secondary N) is 2. The van der Waals surface area contributed by atoms with Crippen LogP contribution in [0.1, 0.15) is 22.8 Å². The van der Waals surface area contributed by atoms with Crippen molar-refractivity contribution >= 4 is 21.6 Å². The molecule has 0 fully saturated rings. The van der Waals surface area contributed by atoms with E-state index in [0.29, 0.717) is 23.4 Å². The van der Waals surface area contributed by atoms with E-state index in [2.05, 4.69) is 20.1 Å². The maximum absolute atomic E-state index is 13.2. The Balaban J connectivity index is 1.65. The van der Waals surface area contributed by atoms with Crippen LogP contribution in [0.5, 0.6) is 0 Å². The number of anilines is 1. The van der Waals surface area contributed by atoms with Crippen molar-refractivity contribution < 1.29 is 17.6 Å². The Hall–Kier alpha value is -3.27. The third-order valence-corrected chi connectivity index (χ3v) is 5.67. The molecule has 8 nitrogen and oxygen atoms in total. The van der Waals surface area contributed by atoms with Crippen LogP contribution >= 0.6 is 0 Å². The minimum absolute atomic E-state index is 0.0114. The highest BCUT2D eigenvalue weighted by molar-refractivity contribution is 7.92. The Morgan fingerprint density at radius 2 is 1.93 bits per heavy atom. The summed E-state index contributed by atoms with van der Waals surface area (Å²) in [6.45, 7) is 3.83. The zero-order chi connectivity index (χ0) is 21.0. The molecule has 10 heteroatoms. The van der Waals surface area contributed by atoms with E-state index in [0.717, 1.165) is 12.1 Å². The number of aromatic nitrogens is 3. The van der Waals surface area contributed by atoms with E-state index >= 15 is 0 Å². The van der Waals surface area contributed by atoms with Crippen LogP contribution in [0.15, 0.2) is 60.0 Å². The molecule has 29 heavy (non-hydrogen) atoms. The molecule has 0 aliphatic carbocycles. The van der Waals surface area contributed by atoms with Gasteiger partial charge in [0.05, 0.1) is 11.4 Å². The molecule has 0 radical (unpaired) electrons. The van der Waals surface area contributed by atoms with Gasteiger partial charge in [-0.3, -0.25) is 14.2 Å². The van der Waals surface area contributed by atoms with Crippen molar-refractivity contribution in [1.82, 2.24) is 20.1 Å². The second-order valence-corrected chi connectivity index (χ2v) is 8.24. The van der Waals surface area contributed by atoms with Crippen molar-refractivity contribution in [2.24, 2.45) is 0 Å². The molecular weight excluding hydrogens is 397 g/mol. The Labute approximate surface area is 167 Å². The van der Waals surface area contributed by atoms with Crippen molar-refractivity contribution in [3.63, 3.8) is 0 Å². The van der Waals surface area contributed by atoms with Crippen molar-refractivity contribution in [3.8, 4) is 0 Å². The molecule has 152 valence electrons. The molecule has 1 unspecified atom stereocenters. The van der Waals surface area contributed by atoms with Crippen molar-refractivity contribution in [3.05, 3.63) is 72.1 Å². The molecule has 0 saturated heterocycles. The van der Waals surface area contributed by atoms with Crippen molar-refractivity contribution in [2.75, 3.05) is 4.72 Å². The van der Waals surface area contributed by atoms with E-state index in [4.69, 9.17) is 0 Å². The lowest BCUT2D eigenvalue weighted by Crippen LogP contribution is -2.35. The van der Waals surface area contributed by atoms with Crippen LogP contribution < -0.4 is 10.0 Å². The summed E-state index contributed by atoms with van der Waals surface area (Å²) in [5.74, 6) is -0.795. The molecule has 0 aliphatic heterocycles. The van der Waals surface area contributed by atoms with Crippen LogP contribution in [-0.4, -0.2) is 35.1 Å². The van der Waals surface area contributed by atoms with Crippen LogP contribution in [0.3, 0.4) is 0 Å². The molecule has 0 aliphatic rings. The van der Waals surface area contributed by atoms with Crippen molar-refractivity contribution in [1.29, 1.82) is 0 Å². The molecule has 2 aromatic carbocycles. The fraction of sp³-hybridized carbons (Fsp3) is 0.211. The number of rotatable bonds is 7. The maximum Gasteiger partial charge on any atom is 0.262 e. The number of aryl methyl sites for hydroxylation is 1. The lowest BCUT2D eigenvalue weighted by Gasteiger charge is -2.14. The number of carbonyl (C=O) groups is 1. The molecule has 3 aromatic rings. The summed E-state index contributed by atoms with van der Waals surface area (Å²) in [6.07, 6.45) is 2.98.